The van der Waals surface area contributed by atoms with Gasteiger partial charge in [-0.05, 0) is 6.07 Å². The fourth-order valence-corrected chi connectivity index (χ4v) is 2.84. The minimum Gasteiger partial charge on any atom is -0.477 e. The van der Waals surface area contributed by atoms with Crippen LogP contribution < -0.4 is 0 Å². The van der Waals surface area contributed by atoms with E-state index in [-0.39, 0.29) is 15.3 Å². The molecule has 1 aromatic heterocycles. The van der Waals surface area contributed by atoms with E-state index in [1.807, 2.05) is 0 Å². The Balaban J connectivity index is 2.80. The Morgan fingerprint density at radius 1 is 1.33 bits per heavy atom. The van der Waals surface area contributed by atoms with Crippen LogP contribution in [0, 0.1) is 5.82 Å². The maximum atomic E-state index is 13.7. The molecule has 0 atom stereocenters. The lowest BCUT2D eigenvalue weighted by atomic mass is 10.1. The summed E-state index contributed by atoms with van der Waals surface area (Å²) in [5.74, 6) is -2.91. The van der Waals surface area contributed by atoms with Crippen molar-refractivity contribution in [3.05, 3.63) is 33.4 Å². The van der Waals surface area contributed by atoms with E-state index < -0.39 is 28.2 Å². The number of hydrogen-bond acceptors (Lipinski definition) is 2. The minimum atomic E-state index is -4.84. The monoisotopic (exact) mass is 298 g/mol. The van der Waals surface area contributed by atoms with Gasteiger partial charge in [-0.25, -0.2) is 9.18 Å². The van der Waals surface area contributed by atoms with E-state index in [0.29, 0.717) is 17.4 Å². The van der Waals surface area contributed by atoms with Crippen molar-refractivity contribution < 1.29 is 27.5 Å². The van der Waals surface area contributed by atoms with Crippen molar-refractivity contribution in [2.75, 3.05) is 0 Å². The van der Waals surface area contributed by atoms with Crippen molar-refractivity contribution in [3.8, 4) is 0 Å². The Hall–Kier alpha value is -1.34. The molecule has 0 aliphatic heterocycles. The van der Waals surface area contributed by atoms with Crippen LogP contribution in [0.2, 0.25) is 5.02 Å². The highest BCUT2D eigenvalue weighted by Crippen LogP contribution is 2.41. The number of fused-ring (bicyclic) bond motifs is 1. The third kappa shape index (κ3) is 1.93. The first-order valence-corrected chi connectivity index (χ1v) is 5.64. The maximum Gasteiger partial charge on any atom is 0.419 e. The number of hydrogen-bond donors (Lipinski definition) is 1. The van der Waals surface area contributed by atoms with Crippen LogP contribution >= 0.6 is 22.9 Å². The molecule has 2 aromatic rings. The number of alkyl halides is 3. The molecular formula is C10H3ClF4O2S. The van der Waals surface area contributed by atoms with Crippen LogP contribution in [0.25, 0.3) is 10.1 Å². The lowest BCUT2D eigenvalue weighted by Crippen LogP contribution is -2.07. The normalized spacial score (nSPS) is 12.1. The summed E-state index contributed by atoms with van der Waals surface area (Å²) in [5, 5.41) is 8.48. The molecule has 0 radical (unpaired) electrons. The van der Waals surface area contributed by atoms with E-state index in [9.17, 15) is 22.4 Å². The predicted octanol–water partition coefficient (Wildman–Crippen LogP) is 4.41. The average molecular weight is 299 g/mol. The second kappa shape index (κ2) is 4.10. The van der Waals surface area contributed by atoms with Crippen LogP contribution in [0.4, 0.5) is 17.6 Å². The van der Waals surface area contributed by atoms with E-state index in [4.69, 9.17) is 16.7 Å². The Labute approximate surface area is 106 Å². The molecule has 0 aliphatic rings. The highest BCUT2D eigenvalue weighted by molar-refractivity contribution is 7.21. The van der Waals surface area contributed by atoms with E-state index in [1.54, 1.807) is 0 Å². The summed E-state index contributed by atoms with van der Waals surface area (Å²) in [4.78, 5) is 10.4. The first-order chi connectivity index (χ1) is 8.23. The molecule has 96 valence electrons. The Bertz CT molecular complexity index is 647. The number of halogens is 5. The smallest absolute Gasteiger partial charge is 0.419 e. The average Bonchev–Trinajstić information content (AvgIpc) is 2.56. The van der Waals surface area contributed by atoms with Gasteiger partial charge in [0.1, 0.15) is 4.88 Å². The number of rotatable bonds is 1. The van der Waals surface area contributed by atoms with Crippen LogP contribution in [0.3, 0.4) is 0 Å². The fourth-order valence-electron chi connectivity index (χ4n) is 1.45. The molecule has 0 saturated heterocycles. The van der Waals surface area contributed by atoms with Crippen molar-refractivity contribution in [1.29, 1.82) is 0 Å². The zero-order valence-electron chi connectivity index (χ0n) is 8.31. The maximum absolute atomic E-state index is 13.7. The zero-order valence-corrected chi connectivity index (χ0v) is 9.88. The number of carboxylic acids is 1. The first kappa shape index (κ1) is 13.1. The molecule has 8 heteroatoms. The van der Waals surface area contributed by atoms with E-state index in [1.165, 1.54) is 0 Å². The summed E-state index contributed by atoms with van der Waals surface area (Å²) in [6.45, 7) is 0. The van der Waals surface area contributed by atoms with Gasteiger partial charge in [-0.15, -0.1) is 11.3 Å². The number of carbonyl (C=O) groups is 1. The molecular weight excluding hydrogens is 296 g/mol. The summed E-state index contributed by atoms with van der Waals surface area (Å²) >= 11 is 6.05. The standard InChI is InChI=1S/C10H3ClF4O2S/c11-5-3-1-2-4(10(13,14)15)6(12)7(3)18-8(5)9(16)17/h1-2H,(H,16,17). The van der Waals surface area contributed by atoms with Gasteiger partial charge in [0, 0.05) is 5.39 Å². The van der Waals surface area contributed by atoms with Crippen molar-refractivity contribution in [3.63, 3.8) is 0 Å². The van der Waals surface area contributed by atoms with E-state index in [2.05, 4.69) is 0 Å². The lowest BCUT2D eigenvalue weighted by Gasteiger charge is -2.07. The Morgan fingerprint density at radius 2 is 1.94 bits per heavy atom. The SMILES string of the molecule is O=C(O)c1sc2c(F)c(C(F)(F)F)ccc2c1Cl. The van der Waals surface area contributed by atoms with Crippen molar-refractivity contribution in [2.24, 2.45) is 0 Å². The van der Waals surface area contributed by atoms with E-state index in [0.717, 1.165) is 6.07 Å². The Kier molecular flexibility index (Phi) is 2.98. The molecule has 1 aromatic carbocycles. The third-order valence-electron chi connectivity index (χ3n) is 2.24. The summed E-state index contributed by atoms with van der Waals surface area (Å²) in [6, 6.07) is 1.51. The summed E-state index contributed by atoms with van der Waals surface area (Å²) < 4.78 is 50.6. The van der Waals surface area contributed by atoms with E-state index >= 15 is 0 Å². The number of benzene rings is 1. The predicted molar refractivity (Wildman–Crippen MR) is 58.8 cm³/mol. The Morgan fingerprint density at radius 3 is 2.44 bits per heavy atom. The summed E-state index contributed by atoms with van der Waals surface area (Å²) in [6.07, 6.45) is -4.84. The van der Waals surface area contributed by atoms with Gasteiger partial charge >= 0.3 is 12.1 Å². The highest BCUT2D eigenvalue weighted by Gasteiger charge is 2.35. The van der Waals surface area contributed by atoms with Crippen LogP contribution in [0.5, 0.6) is 0 Å². The minimum absolute atomic E-state index is 0.0374. The van der Waals surface area contributed by atoms with Gasteiger partial charge in [0.15, 0.2) is 5.82 Å². The highest BCUT2D eigenvalue weighted by atomic mass is 35.5. The van der Waals surface area contributed by atoms with Crippen LogP contribution in [-0.2, 0) is 6.18 Å². The molecule has 0 aliphatic carbocycles. The van der Waals surface area contributed by atoms with Crippen molar-refractivity contribution in [2.45, 2.75) is 6.18 Å². The molecule has 1 N–H and O–H groups in total. The molecule has 1 heterocycles. The summed E-state index contributed by atoms with van der Waals surface area (Å²) in [7, 11) is 0. The number of thiophene rings is 1. The van der Waals surface area contributed by atoms with Gasteiger partial charge in [-0.3, -0.25) is 0 Å². The van der Waals surface area contributed by atoms with Gasteiger partial charge < -0.3 is 5.11 Å². The quantitative estimate of drug-likeness (QED) is 0.792. The molecule has 0 bridgehead atoms. The van der Waals surface area contributed by atoms with Crippen LogP contribution in [0.15, 0.2) is 12.1 Å². The zero-order chi connectivity index (χ0) is 13.7. The largest absolute Gasteiger partial charge is 0.477 e. The van der Waals surface area contributed by atoms with Gasteiger partial charge in [0.25, 0.3) is 0 Å². The summed E-state index contributed by atoms with van der Waals surface area (Å²) in [5.41, 5.74) is -1.44. The molecule has 2 nitrogen and oxygen atoms in total. The topological polar surface area (TPSA) is 37.3 Å². The molecule has 0 spiro atoms. The second-order valence-corrected chi connectivity index (χ2v) is 4.75. The van der Waals surface area contributed by atoms with Crippen LogP contribution in [0.1, 0.15) is 15.2 Å². The molecule has 0 fully saturated rings. The second-order valence-electron chi connectivity index (χ2n) is 3.35. The van der Waals surface area contributed by atoms with Crippen molar-refractivity contribution >= 4 is 39.0 Å². The van der Waals surface area contributed by atoms with Crippen molar-refractivity contribution in [1.82, 2.24) is 0 Å². The lowest BCUT2D eigenvalue weighted by molar-refractivity contribution is -0.139. The van der Waals surface area contributed by atoms with Gasteiger partial charge in [0.05, 0.1) is 15.3 Å². The fraction of sp³-hybridized carbons (Fsp3) is 0.100. The van der Waals surface area contributed by atoms with Gasteiger partial charge in [-0.2, -0.15) is 13.2 Å². The van der Waals surface area contributed by atoms with Crippen LogP contribution in [-0.4, -0.2) is 11.1 Å². The molecule has 0 amide bonds. The third-order valence-corrected chi connectivity index (χ3v) is 3.93. The molecule has 2 rings (SSSR count). The first-order valence-electron chi connectivity index (χ1n) is 4.44. The number of carboxylic acid groups (broad SMARTS) is 1. The molecule has 0 unspecified atom stereocenters. The molecule has 0 saturated carbocycles. The van der Waals surface area contributed by atoms with Gasteiger partial charge in [0.2, 0.25) is 0 Å². The molecule has 18 heavy (non-hydrogen) atoms. The van der Waals surface area contributed by atoms with Gasteiger partial charge in [-0.1, -0.05) is 17.7 Å². The number of aromatic carboxylic acids is 1.